The summed E-state index contributed by atoms with van der Waals surface area (Å²) in [6, 6.07) is 34.1. The summed E-state index contributed by atoms with van der Waals surface area (Å²) in [6.45, 7) is 0. The summed E-state index contributed by atoms with van der Waals surface area (Å²) in [5, 5.41) is 2.50. The molecule has 3 nitrogen and oxygen atoms in total. The van der Waals surface area contributed by atoms with E-state index in [9.17, 15) is 0 Å². The fourth-order valence-electron chi connectivity index (χ4n) is 4.81. The molecule has 2 heterocycles. The number of benzene rings is 3. The molecular weight excluding hydrogens is 438 g/mol. The number of fused-ring (bicyclic) bond motifs is 1. The number of nitrogens with zero attached hydrogens (tertiary/aromatic N) is 3. The van der Waals surface area contributed by atoms with Crippen molar-refractivity contribution in [2.75, 3.05) is 11.9 Å². The largest absolute Gasteiger partial charge is 0.344 e. The van der Waals surface area contributed by atoms with Gasteiger partial charge in [0.2, 0.25) is 0 Å². The van der Waals surface area contributed by atoms with Crippen molar-refractivity contribution in [2.24, 2.45) is 0 Å². The Balaban J connectivity index is 1.38. The summed E-state index contributed by atoms with van der Waals surface area (Å²) in [5.74, 6) is 0. The van der Waals surface area contributed by atoms with Gasteiger partial charge in [0.15, 0.2) is 0 Å². The average Bonchev–Trinajstić information content (AvgIpc) is 2.97. The number of hydrogen-bond donors (Lipinski definition) is 0. The Hall–Kier alpha value is -4.50. The monoisotopic (exact) mass is 465 g/mol. The lowest BCUT2D eigenvalue weighted by Gasteiger charge is -2.22. The van der Waals surface area contributed by atoms with Crippen LogP contribution in [0.1, 0.15) is 18.5 Å². The standard InChI is InChI=1S/C33H27N3/c1-36(33-16-9-13-25-10-5-6-14-29(25)33)28-19-17-24(18-20-28)27-22-31(26-11-3-2-4-12-26)35-32(23-27)30-15-7-8-21-34-30/h3,5-23H,2,4H2,1H3. The molecule has 1 aliphatic rings. The van der Waals surface area contributed by atoms with Crippen LogP contribution in [0.4, 0.5) is 11.4 Å². The zero-order valence-electron chi connectivity index (χ0n) is 20.3. The highest BCUT2D eigenvalue weighted by Crippen LogP contribution is 2.34. The topological polar surface area (TPSA) is 29.0 Å². The van der Waals surface area contributed by atoms with E-state index in [4.69, 9.17) is 4.98 Å². The zero-order valence-corrected chi connectivity index (χ0v) is 20.3. The maximum absolute atomic E-state index is 4.98. The Morgan fingerprint density at radius 1 is 0.694 bits per heavy atom. The Bertz CT molecular complexity index is 1580. The van der Waals surface area contributed by atoms with E-state index in [0.717, 1.165) is 46.7 Å². The van der Waals surface area contributed by atoms with E-state index in [2.05, 4.69) is 114 Å². The molecule has 0 spiro atoms. The number of pyridine rings is 2. The van der Waals surface area contributed by atoms with Crippen LogP contribution in [0.25, 0.3) is 38.9 Å². The van der Waals surface area contributed by atoms with Crippen LogP contribution >= 0.6 is 0 Å². The summed E-state index contributed by atoms with van der Waals surface area (Å²) in [7, 11) is 2.13. The maximum Gasteiger partial charge on any atom is 0.0899 e. The van der Waals surface area contributed by atoms with Gasteiger partial charge in [-0.05, 0) is 77.4 Å². The molecule has 0 bridgehead atoms. The van der Waals surface area contributed by atoms with Gasteiger partial charge < -0.3 is 4.90 Å². The minimum atomic E-state index is 0.883. The molecule has 0 N–H and O–H groups in total. The second-order valence-electron chi connectivity index (χ2n) is 9.08. The van der Waals surface area contributed by atoms with Gasteiger partial charge in [0, 0.05) is 30.0 Å². The summed E-state index contributed by atoms with van der Waals surface area (Å²) < 4.78 is 0. The van der Waals surface area contributed by atoms with E-state index in [0.29, 0.717) is 0 Å². The Morgan fingerprint density at radius 3 is 2.31 bits per heavy atom. The summed E-state index contributed by atoms with van der Waals surface area (Å²) >= 11 is 0. The van der Waals surface area contributed by atoms with Crippen molar-refractivity contribution in [1.29, 1.82) is 0 Å². The molecule has 1 aliphatic carbocycles. The van der Waals surface area contributed by atoms with Crippen LogP contribution < -0.4 is 4.90 Å². The third-order valence-corrected chi connectivity index (χ3v) is 6.76. The van der Waals surface area contributed by atoms with Crippen molar-refractivity contribution in [3.63, 3.8) is 0 Å². The third kappa shape index (κ3) is 4.32. The van der Waals surface area contributed by atoms with Gasteiger partial charge in [-0.2, -0.15) is 0 Å². The van der Waals surface area contributed by atoms with Crippen LogP contribution in [-0.4, -0.2) is 17.0 Å². The number of hydrogen-bond acceptors (Lipinski definition) is 3. The van der Waals surface area contributed by atoms with Crippen LogP contribution in [0.3, 0.4) is 0 Å². The molecule has 0 unspecified atom stereocenters. The highest BCUT2D eigenvalue weighted by atomic mass is 15.1. The Kier molecular flexibility index (Phi) is 5.88. The smallest absolute Gasteiger partial charge is 0.0899 e. The molecule has 0 saturated carbocycles. The third-order valence-electron chi connectivity index (χ3n) is 6.76. The summed E-state index contributed by atoms with van der Waals surface area (Å²) in [5.41, 5.74) is 8.57. The van der Waals surface area contributed by atoms with Crippen LogP contribution in [-0.2, 0) is 0 Å². The van der Waals surface area contributed by atoms with E-state index < -0.39 is 0 Å². The average molecular weight is 466 g/mol. The van der Waals surface area contributed by atoms with Gasteiger partial charge in [0.25, 0.3) is 0 Å². The van der Waals surface area contributed by atoms with Crippen LogP contribution in [0.15, 0.2) is 121 Å². The minimum Gasteiger partial charge on any atom is -0.344 e. The van der Waals surface area contributed by atoms with E-state index in [-0.39, 0.29) is 0 Å². The molecular formula is C33H27N3. The first-order valence-electron chi connectivity index (χ1n) is 12.4. The van der Waals surface area contributed by atoms with Crippen molar-refractivity contribution in [2.45, 2.75) is 12.8 Å². The van der Waals surface area contributed by atoms with E-state index in [1.807, 2.05) is 24.4 Å². The van der Waals surface area contributed by atoms with Crippen molar-refractivity contribution in [3.05, 3.63) is 127 Å². The molecule has 0 fully saturated rings. The summed E-state index contributed by atoms with van der Waals surface area (Å²) in [4.78, 5) is 11.8. The molecule has 174 valence electrons. The molecule has 0 aliphatic heterocycles. The van der Waals surface area contributed by atoms with Gasteiger partial charge in [0.05, 0.1) is 17.1 Å². The van der Waals surface area contributed by atoms with E-state index in [1.54, 1.807) is 0 Å². The predicted molar refractivity (Wildman–Crippen MR) is 151 cm³/mol. The van der Waals surface area contributed by atoms with E-state index >= 15 is 0 Å². The first kappa shape index (κ1) is 22.0. The van der Waals surface area contributed by atoms with Gasteiger partial charge in [-0.25, -0.2) is 4.98 Å². The Labute approximate surface area is 212 Å². The van der Waals surface area contributed by atoms with Gasteiger partial charge in [-0.1, -0.05) is 72.8 Å². The van der Waals surface area contributed by atoms with Crippen molar-refractivity contribution in [1.82, 2.24) is 9.97 Å². The number of rotatable bonds is 5. The second kappa shape index (κ2) is 9.63. The fourth-order valence-corrected chi connectivity index (χ4v) is 4.81. The molecule has 0 saturated heterocycles. The number of anilines is 2. The van der Waals surface area contributed by atoms with Gasteiger partial charge >= 0.3 is 0 Å². The van der Waals surface area contributed by atoms with Gasteiger partial charge in [0.1, 0.15) is 0 Å². The molecule has 2 aromatic heterocycles. The van der Waals surface area contributed by atoms with Crippen LogP contribution in [0, 0.1) is 0 Å². The lowest BCUT2D eigenvalue weighted by Crippen LogP contribution is -2.09. The first-order chi connectivity index (χ1) is 17.8. The van der Waals surface area contributed by atoms with Crippen LogP contribution in [0.2, 0.25) is 0 Å². The van der Waals surface area contributed by atoms with Gasteiger partial charge in [-0.3, -0.25) is 4.98 Å². The SMILES string of the molecule is CN(c1ccc(-c2cc(C3=CCCC=C3)nc(-c3ccccn3)c2)cc1)c1cccc2ccccc12. The molecule has 0 amide bonds. The molecule has 3 heteroatoms. The van der Waals surface area contributed by atoms with E-state index in [1.165, 1.54) is 22.0 Å². The van der Waals surface area contributed by atoms with Crippen molar-refractivity contribution < 1.29 is 0 Å². The van der Waals surface area contributed by atoms with Crippen LogP contribution in [0.5, 0.6) is 0 Å². The normalized spacial score (nSPS) is 13.0. The molecule has 6 rings (SSSR count). The second-order valence-corrected chi connectivity index (χ2v) is 9.08. The molecule has 0 atom stereocenters. The van der Waals surface area contributed by atoms with Gasteiger partial charge in [-0.15, -0.1) is 0 Å². The highest BCUT2D eigenvalue weighted by molar-refractivity contribution is 5.96. The predicted octanol–water partition coefficient (Wildman–Crippen LogP) is 8.47. The quantitative estimate of drug-likeness (QED) is 0.261. The zero-order chi connectivity index (χ0) is 24.3. The van der Waals surface area contributed by atoms with Crippen molar-refractivity contribution in [3.8, 4) is 22.5 Å². The lowest BCUT2D eigenvalue weighted by molar-refractivity contribution is 1.04. The fraction of sp³-hybridized carbons (Fsp3) is 0.0909. The highest BCUT2D eigenvalue weighted by Gasteiger charge is 2.12. The Morgan fingerprint density at radius 2 is 1.50 bits per heavy atom. The number of aromatic nitrogens is 2. The summed E-state index contributed by atoms with van der Waals surface area (Å²) in [6.07, 6.45) is 10.6. The lowest BCUT2D eigenvalue weighted by atomic mass is 9.98. The molecule has 3 aromatic carbocycles. The molecule has 0 radical (unpaired) electrons. The molecule has 5 aromatic rings. The number of allylic oxidation sites excluding steroid dienone is 4. The molecule has 36 heavy (non-hydrogen) atoms. The maximum atomic E-state index is 4.98. The minimum absolute atomic E-state index is 0.883. The van der Waals surface area contributed by atoms with Crippen molar-refractivity contribution >= 4 is 27.7 Å². The first-order valence-corrected chi connectivity index (χ1v) is 12.4.